The molecule has 1 saturated carbocycles. The molecule has 29 heavy (non-hydrogen) atoms. The van der Waals surface area contributed by atoms with Gasteiger partial charge in [-0.1, -0.05) is 38.5 Å². The SMILES string of the molecule is COc1ccc(-c2nnc(S[C@H](C)C(=O)N[C@@H]3CCC[C@@H](C)[C@H]3C)o2)cc1OC. The minimum atomic E-state index is -0.321. The largest absolute Gasteiger partial charge is 0.493 e. The minimum absolute atomic E-state index is 0.00631. The van der Waals surface area contributed by atoms with Gasteiger partial charge in [-0.2, -0.15) is 0 Å². The molecule has 1 heterocycles. The maximum Gasteiger partial charge on any atom is 0.277 e. The molecule has 1 N–H and O–H groups in total. The molecule has 0 aliphatic heterocycles. The number of carbonyl (C=O) groups excluding carboxylic acids is 1. The van der Waals surface area contributed by atoms with E-state index in [1.54, 1.807) is 26.4 Å². The Bertz CT molecular complexity index is 841. The molecule has 0 radical (unpaired) electrons. The van der Waals surface area contributed by atoms with Crippen LogP contribution < -0.4 is 14.8 Å². The van der Waals surface area contributed by atoms with Crippen molar-refractivity contribution in [3.63, 3.8) is 0 Å². The molecule has 0 bridgehead atoms. The fourth-order valence-corrected chi connectivity index (χ4v) is 4.33. The number of methoxy groups -OCH3 is 2. The quantitative estimate of drug-likeness (QED) is 0.674. The van der Waals surface area contributed by atoms with E-state index in [2.05, 4.69) is 29.4 Å². The smallest absolute Gasteiger partial charge is 0.277 e. The number of nitrogens with one attached hydrogen (secondary N) is 1. The van der Waals surface area contributed by atoms with Crippen molar-refractivity contribution < 1.29 is 18.7 Å². The molecule has 2 aromatic rings. The van der Waals surface area contributed by atoms with Gasteiger partial charge < -0.3 is 19.2 Å². The second-order valence-corrected chi connectivity index (χ2v) is 8.88. The molecular weight excluding hydrogens is 390 g/mol. The second kappa shape index (κ2) is 9.52. The van der Waals surface area contributed by atoms with Crippen molar-refractivity contribution in [3.8, 4) is 23.0 Å². The van der Waals surface area contributed by atoms with E-state index in [0.29, 0.717) is 34.4 Å². The fourth-order valence-electron chi connectivity index (χ4n) is 3.63. The van der Waals surface area contributed by atoms with Gasteiger partial charge in [0.1, 0.15) is 0 Å². The van der Waals surface area contributed by atoms with Crippen LogP contribution in [0.1, 0.15) is 40.0 Å². The number of ether oxygens (including phenoxy) is 2. The maximum atomic E-state index is 12.6. The molecule has 158 valence electrons. The summed E-state index contributed by atoms with van der Waals surface area (Å²) < 4.78 is 16.3. The highest BCUT2D eigenvalue weighted by molar-refractivity contribution is 8.00. The van der Waals surface area contributed by atoms with Crippen molar-refractivity contribution in [1.29, 1.82) is 0 Å². The normalized spacial score (nSPS) is 22.7. The Balaban J connectivity index is 1.63. The van der Waals surface area contributed by atoms with Crippen molar-refractivity contribution in [2.75, 3.05) is 14.2 Å². The Morgan fingerprint density at radius 1 is 1.21 bits per heavy atom. The number of aromatic nitrogens is 2. The Kier molecular flexibility index (Phi) is 7.05. The van der Waals surface area contributed by atoms with Gasteiger partial charge in [-0.3, -0.25) is 4.79 Å². The summed E-state index contributed by atoms with van der Waals surface area (Å²) in [5, 5.41) is 11.4. The molecular formula is C21H29N3O4S. The van der Waals surface area contributed by atoms with Crippen LogP contribution in [-0.2, 0) is 4.79 Å². The summed E-state index contributed by atoms with van der Waals surface area (Å²) in [4.78, 5) is 12.6. The van der Waals surface area contributed by atoms with Gasteiger partial charge in [0.15, 0.2) is 11.5 Å². The second-order valence-electron chi connectivity index (χ2n) is 7.59. The monoisotopic (exact) mass is 419 g/mol. The van der Waals surface area contributed by atoms with Crippen LogP contribution in [0.25, 0.3) is 11.5 Å². The first-order valence-electron chi connectivity index (χ1n) is 9.95. The first-order valence-corrected chi connectivity index (χ1v) is 10.8. The van der Waals surface area contributed by atoms with Crippen molar-refractivity contribution in [2.45, 2.75) is 56.5 Å². The number of amides is 1. The summed E-state index contributed by atoms with van der Waals surface area (Å²) in [7, 11) is 3.16. The van der Waals surface area contributed by atoms with Crippen LogP contribution in [0, 0.1) is 11.8 Å². The van der Waals surface area contributed by atoms with Gasteiger partial charge >= 0.3 is 0 Å². The van der Waals surface area contributed by atoms with Crippen LogP contribution in [0.3, 0.4) is 0 Å². The Hall–Kier alpha value is -2.22. The van der Waals surface area contributed by atoms with E-state index in [4.69, 9.17) is 13.9 Å². The topological polar surface area (TPSA) is 86.5 Å². The van der Waals surface area contributed by atoms with Gasteiger partial charge in [-0.15, -0.1) is 10.2 Å². The molecule has 4 atom stereocenters. The third-order valence-corrected chi connectivity index (χ3v) is 6.65. The highest BCUT2D eigenvalue weighted by Gasteiger charge is 2.30. The lowest BCUT2D eigenvalue weighted by Crippen LogP contribution is -2.46. The molecule has 7 nitrogen and oxygen atoms in total. The predicted molar refractivity (Wildman–Crippen MR) is 112 cm³/mol. The van der Waals surface area contributed by atoms with Crippen molar-refractivity contribution in [2.24, 2.45) is 11.8 Å². The molecule has 1 fully saturated rings. The predicted octanol–water partition coefficient (Wildman–Crippen LogP) is 4.18. The van der Waals surface area contributed by atoms with Crippen molar-refractivity contribution in [3.05, 3.63) is 18.2 Å². The number of hydrogen-bond acceptors (Lipinski definition) is 7. The minimum Gasteiger partial charge on any atom is -0.493 e. The summed E-state index contributed by atoms with van der Waals surface area (Å²) >= 11 is 1.27. The number of thioether (sulfide) groups is 1. The van der Waals surface area contributed by atoms with Crippen molar-refractivity contribution in [1.82, 2.24) is 15.5 Å². The van der Waals surface area contributed by atoms with E-state index in [0.717, 1.165) is 18.4 Å². The lowest BCUT2D eigenvalue weighted by atomic mass is 9.78. The maximum absolute atomic E-state index is 12.6. The van der Waals surface area contributed by atoms with Crippen LogP contribution in [0.4, 0.5) is 0 Å². The third kappa shape index (κ3) is 5.04. The number of carbonyl (C=O) groups is 1. The van der Waals surface area contributed by atoms with E-state index in [-0.39, 0.29) is 17.2 Å². The number of hydrogen-bond donors (Lipinski definition) is 1. The summed E-state index contributed by atoms with van der Waals surface area (Å²) in [5.41, 5.74) is 0.726. The van der Waals surface area contributed by atoms with E-state index < -0.39 is 0 Å². The average molecular weight is 420 g/mol. The van der Waals surface area contributed by atoms with Crippen LogP contribution in [0.2, 0.25) is 0 Å². The molecule has 3 rings (SSSR count). The van der Waals surface area contributed by atoms with Gasteiger partial charge in [0, 0.05) is 11.6 Å². The lowest BCUT2D eigenvalue weighted by Gasteiger charge is -2.35. The highest BCUT2D eigenvalue weighted by atomic mass is 32.2. The first-order chi connectivity index (χ1) is 13.9. The molecule has 1 aliphatic rings. The molecule has 1 aromatic carbocycles. The summed E-state index contributed by atoms with van der Waals surface area (Å²) in [6, 6.07) is 5.63. The zero-order valence-electron chi connectivity index (χ0n) is 17.6. The number of nitrogens with zero attached hydrogens (tertiary/aromatic N) is 2. The zero-order valence-corrected chi connectivity index (χ0v) is 18.4. The molecule has 8 heteroatoms. The van der Waals surface area contributed by atoms with Gasteiger partial charge in [0.2, 0.25) is 11.8 Å². The Morgan fingerprint density at radius 2 is 1.97 bits per heavy atom. The van der Waals surface area contributed by atoms with Crippen LogP contribution in [0.15, 0.2) is 27.8 Å². The van der Waals surface area contributed by atoms with Gasteiger partial charge in [-0.25, -0.2) is 0 Å². The van der Waals surface area contributed by atoms with E-state index >= 15 is 0 Å². The summed E-state index contributed by atoms with van der Waals surface area (Å²) in [6.45, 7) is 6.34. The first kappa shape index (κ1) is 21.5. The number of benzene rings is 1. The number of rotatable bonds is 7. The average Bonchev–Trinajstić information content (AvgIpc) is 3.19. The molecule has 0 spiro atoms. The zero-order chi connectivity index (χ0) is 21.0. The molecule has 0 saturated heterocycles. The molecule has 1 aliphatic carbocycles. The summed E-state index contributed by atoms with van der Waals surface area (Å²) in [5.74, 6) is 2.72. The van der Waals surface area contributed by atoms with E-state index in [1.807, 2.05) is 13.0 Å². The van der Waals surface area contributed by atoms with E-state index in [1.165, 1.54) is 18.2 Å². The lowest BCUT2D eigenvalue weighted by molar-refractivity contribution is -0.121. The van der Waals surface area contributed by atoms with Gasteiger partial charge in [0.05, 0.1) is 19.5 Å². The fraction of sp³-hybridized carbons (Fsp3) is 0.571. The van der Waals surface area contributed by atoms with E-state index in [9.17, 15) is 4.79 Å². The molecule has 1 aromatic heterocycles. The van der Waals surface area contributed by atoms with Crippen LogP contribution in [0.5, 0.6) is 11.5 Å². The van der Waals surface area contributed by atoms with Crippen LogP contribution >= 0.6 is 11.8 Å². The summed E-state index contributed by atoms with van der Waals surface area (Å²) in [6.07, 6.45) is 3.44. The van der Waals surface area contributed by atoms with Gasteiger partial charge in [0.25, 0.3) is 5.22 Å². The Morgan fingerprint density at radius 3 is 2.69 bits per heavy atom. The standard InChI is InChI=1S/C21H29N3O4S/c1-12-7-6-8-16(13(12)2)22-19(25)14(3)29-21-24-23-20(28-21)15-9-10-17(26-4)18(11-15)27-5/h9-14,16H,6-8H2,1-5H3,(H,22,25)/t12-,13-,14-,16-/m1/s1. The Labute approximate surface area is 175 Å². The van der Waals surface area contributed by atoms with Crippen molar-refractivity contribution >= 4 is 17.7 Å². The molecule has 0 unspecified atom stereocenters. The highest BCUT2D eigenvalue weighted by Crippen LogP contribution is 2.34. The third-order valence-electron chi connectivity index (χ3n) is 5.72. The molecule has 1 amide bonds. The van der Waals surface area contributed by atoms with Gasteiger partial charge in [-0.05, 0) is 43.4 Å². The van der Waals surface area contributed by atoms with Crippen LogP contribution in [-0.4, -0.2) is 41.6 Å².